The molecule has 154 valence electrons. The van der Waals surface area contributed by atoms with Crippen LogP contribution in [0, 0.1) is 0 Å². The van der Waals surface area contributed by atoms with Gasteiger partial charge in [-0.15, -0.1) is 0 Å². The lowest BCUT2D eigenvalue weighted by Crippen LogP contribution is -2.21. The fraction of sp³-hybridized carbons (Fsp3) is 0.348. The number of ether oxygens (including phenoxy) is 2. The van der Waals surface area contributed by atoms with E-state index in [1.165, 1.54) is 17.3 Å². The maximum absolute atomic E-state index is 11.2. The molecule has 0 fully saturated rings. The Balaban J connectivity index is 1.55. The minimum absolute atomic E-state index is 0.298. The molecule has 0 aliphatic carbocycles. The van der Waals surface area contributed by atoms with Gasteiger partial charge in [-0.1, -0.05) is 35.9 Å². The number of anilines is 2. The Kier molecular flexibility index (Phi) is 7.96. The van der Waals surface area contributed by atoms with Gasteiger partial charge in [-0.3, -0.25) is 0 Å². The third-order valence-electron chi connectivity index (χ3n) is 4.67. The molecule has 5 nitrogen and oxygen atoms in total. The monoisotopic (exact) mass is 414 g/mol. The molecule has 0 atom stereocenters. The smallest absolute Gasteiger partial charge is 0.330 e. The van der Waals surface area contributed by atoms with Gasteiger partial charge in [0.1, 0.15) is 12.4 Å². The number of nitrogens with zero attached hydrogens (tertiary/aromatic N) is 1. The molecule has 0 aromatic heterocycles. The summed E-state index contributed by atoms with van der Waals surface area (Å²) in [4.78, 5) is 13.5. The largest absolute Gasteiger partial charge is 0.487 e. The molecule has 0 saturated carbocycles. The number of rotatable bonds is 9. The van der Waals surface area contributed by atoms with Gasteiger partial charge in [0.2, 0.25) is 0 Å². The zero-order valence-corrected chi connectivity index (χ0v) is 17.5. The molecule has 1 N–H and O–H groups in total. The summed E-state index contributed by atoms with van der Waals surface area (Å²) < 4.78 is 10.9. The van der Waals surface area contributed by atoms with Crippen molar-refractivity contribution in [1.82, 2.24) is 5.32 Å². The molecule has 29 heavy (non-hydrogen) atoms. The van der Waals surface area contributed by atoms with Crippen molar-refractivity contribution in [2.75, 3.05) is 31.1 Å². The van der Waals surface area contributed by atoms with Crippen LogP contribution in [0.5, 0.6) is 5.75 Å². The summed E-state index contributed by atoms with van der Waals surface area (Å²) in [5.74, 6) is 0.557. The maximum Gasteiger partial charge on any atom is 0.330 e. The van der Waals surface area contributed by atoms with Crippen LogP contribution in [0.1, 0.15) is 25.3 Å². The van der Waals surface area contributed by atoms with Crippen LogP contribution in [0.3, 0.4) is 0 Å². The summed E-state index contributed by atoms with van der Waals surface area (Å²) in [5.41, 5.74) is 3.34. The third kappa shape index (κ3) is 5.99. The van der Waals surface area contributed by atoms with E-state index in [0.29, 0.717) is 24.8 Å². The van der Waals surface area contributed by atoms with Crippen molar-refractivity contribution in [2.24, 2.45) is 0 Å². The number of esters is 1. The Morgan fingerprint density at radius 2 is 2.10 bits per heavy atom. The number of carbonyl (C=O) groups excluding carboxylic acids is 1. The molecule has 3 rings (SSSR count). The number of unbranched alkanes of at least 4 members (excludes halogenated alkanes) is 1. The minimum atomic E-state index is -0.298. The molecule has 2 aromatic carbocycles. The van der Waals surface area contributed by atoms with Crippen molar-refractivity contribution in [1.29, 1.82) is 0 Å². The lowest BCUT2D eigenvalue weighted by atomic mass is 10.1. The quantitative estimate of drug-likeness (QED) is 0.361. The molecule has 0 saturated heterocycles. The van der Waals surface area contributed by atoms with E-state index in [1.54, 1.807) is 13.0 Å². The fourth-order valence-corrected chi connectivity index (χ4v) is 3.46. The lowest BCUT2D eigenvalue weighted by Gasteiger charge is -2.26. The molecular formula is C23H27ClN2O3. The van der Waals surface area contributed by atoms with Crippen molar-refractivity contribution < 1.29 is 14.3 Å². The van der Waals surface area contributed by atoms with E-state index >= 15 is 0 Å². The number of hydrogen-bond donors (Lipinski definition) is 1. The van der Waals surface area contributed by atoms with Crippen LogP contribution in [-0.2, 0) is 16.1 Å². The average Bonchev–Trinajstić information content (AvgIpc) is 2.87. The normalized spacial score (nSPS) is 12.8. The fourth-order valence-electron chi connectivity index (χ4n) is 3.30. The Bertz CT molecular complexity index is 854. The highest BCUT2D eigenvalue weighted by Gasteiger charge is 2.21. The van der Waals surface area contributed by atoms with Crippen molar-refractivity contribution >= 4 is 28.9 Å². The first-order valence-electron chi connectivity index (χ1n) is 10.0. The number of halogens is 1. The number of para-hydroxylation sites is 1. The molecule has 0 unspecified atom stereocenters. The van der Waals surface area contributed by atoms with Crippen LogP contribution in [0.4, 0.5) is 11.4 Å². The second-order valence-electron chi connectivity index (χ2n) is 6.75. The SMILES string of the molecule is CCOC(=O)/C=C/CNCCCCN1c2ccccc2COc2ccc(Cl)cc21. The Morgan fingerprint density at radius 1 is 1.24 bits per heavy atom. The van der Waals surface area contributed by atoms with E-state index in [2.05, 4.69) is 28.4 Å². The van der Waals surface area contributed by atoms with Crippen LogP contribution in [-0.4, -0.2) is 32.2 Å². The van der Waals surface area contributed by atoms with E-state index in [0.717, 1.165) is 37.4 Å². The van der Waals surface area contributed by atoms with Crippen molar-refractivity contribution in [2.45, 2.75) is 26.4 Å². The molecule has 0 radical (unpaired) electrons. The molecular weight excluding hydrogens is 388 g/mol. The first kappa shape index (κ1) is 21.2. The predicted molar refractivity (Wildman–Crippen MR) is 117 cm³/mol. The van der Waals surface area contributed by atoms with Crippen LogP contribution in [0.25, 0.3) is 0 Å². The first-order valence-corrected chi connectivity index (χ1v) is 10.4. The first-order chi connectivity index (χ1) is 14.2. The van der Waals surface area contributed by atoms with Gasteiger partial charge in [-0.2, -0.15) is 0 Å². The van der Waals surface area contributed by atoms with Crippen molar-refractivity contribution in [3.05, 3.63) is 65.2 Å². The Labute approximate surface area is 177 Å². The summed E-state index contributed by atoms with van der Waals surface area (Å²) in [7, 11) is 0. The Hall–Kier alpha value is -2.50. The summed E-state index contributed by atoms with van der Waals surface area (Å²) in [5, 5.41) is 4.02. The van der Waals surface area contributed by atoms with Gasteiger partial charge in [0.25, 0.3) is 0 Å². The zero-order valence-electron chi connectivity index (χ0n) is 16.7. The summed E-state index contributed by atoms with van der Waals surface area (Å²) in [6.07, 6.45) is 5.28. The van der Waals surface area contributed by atoms with Crippen LogP contribution >= 0.6 is 11.6 Å². The van der Waals surface area contributed by atoms with E-state index in [1.807, 2.05) is 24.3 Å². The molecule has 1 aliphatic rings. The molecule has 0 amide bonds. The maximum atomic E-state index is 11.2. The molecule has 6 heteroatoms. The number of carbonyl (C=O) groups is 1. The van der Waals surface area contributed by atoms with Gasteiger partial charge < -0.3 is 19.7 Å². The van der Waals surface area contributed by atoms with Crippen LogP contribution in [0.2, 0.25) is 5.02 Å². The topological polar surface area (TPSA) is 50.8 Å². The second-order valence-corrected chi connectivity index (χ2v) is 7.18. The Morgan fingerprint density at radius 3 is 2.97 bits per heavy atom. The molecule has 1 heterocycles. The summed E-state index contributed by atoms with van der Waals surface area (Å²) in [6.45, 7) is 5.14. The minimum Gasteiger partial charge on any atom is -0.487 e. The highest BCUT2D eigenvalue weighted by atomic mass is 35.5. The van der Waals surface area contributed by atoms with E-state index in [-0.39, 0.29) is 5.97 Å². The van der Waals surface area contributed by atoms with Crippen LogP contribution < -0.4 is 15.0 Å². The second kappa shape index (κ2) is 10.9. The molecule has 1 aliphatic heterocycles. The lowest BCUT2D eigenvalue weighted by molar-refractivity contribution is -0.137. The zero-order chi connectivity index (χ0) is 20.5. The highest BCUT2D eigenvalue weighted by Crippen LogP contribution is 2.40. The number of hydrogen-bond acceptors (Lipinski definition) is 5. The number of fused-ring (bicyclic) bond motifs is 2. The van der Waals surface area contributed by atoms with Gasteiger partial charge >= 0.3 is 5.97 Å². The van der Waals surface area contributed by atoms with Gasteiger partial charge in [0.05, 0.1) is 12.3 Å². The highest BCUT2D eigenvalue weighted by molar-refractivity contribution is 6.31. The third-order valence-corrected chi connectivity index (χ3v) is 4.90. The number of nitrogens with one attached hydrogen (secondary N) is 1. The summed E-state index contributed by atoms with van der Waals surface area (Å²) >= 11 is 6.27. The predicted octanol–water partition coefficient (Wildman–Crippen LogP) is 4.86. The van der Waals surface area contributed by atoms with Gasteiger partial charge in [-0.05, 0) is 50.6 Å². The van der Waals surface area contributed by atoms with Gasteiger partial charge in [0.15, 0.2) is 0 Å². The molecule has 2 aromatic rings. The van der Waals surface area contributed by atoms with E-state index in [4.69, 9.17) is 21.1 Å². The van der Waals surface area contributed by atoms with Gasteiger partial charge in [-0.25, -0.2) is 4.79 Å². The van der Waals surface area contributed by atoms with E-state index < -0.39 is 0 Å². The van der Waals surface area contributed by atoms with E-state index in [9.17, 15) is 4.79 Å². The molecule has 0 bridgehead atoms. The molecule has 0 spiro atoms. The standard InChI is InChI=1S/C23H27ClN2O3/c1-2-28-23(27)10-7-14-25-13-5-6-15-26-20-9-4-3-8-18(20)17-29-22-12-11-19(24)16-21(22)26/h3-4,7-12,16,25H,2,5-6,13-15,17H2,1H3/b10-7+. The summed E-state index contributed by atoms with van der Waals surface area (Å²) in [6, 6.07) is 14.1. The van der Waals surface area contributed by atoms with Crippen molar-refractivity contribution in [3.63, 3.8) is 0 Å². The average molecular weight is 415 g/mol. The number of benzene rings is 2. The van der Waals surface area contributed by atoms with Crippen molar-refractivity contribution in [3.8, 4) is 5.75 Å². The van der Waals surface area contributed by atoms with Crippen LogP contribution in [0.15, 0.2) is 54.6 Å². The van der Waals surface area contributed by atoms with Gasteiger partial charge in [0, 0.05) is 35.4 Å².